The average molecular weight is 324 g/mol. The van der Waals surface area contributed by atoms with Crippen LogP contribution in [0, 0.1) is 0 Å². The van der Waals surface area contributed by atoms with E-state index < -0.39 is 7.92 Å². The van der Waals surface area contributed by atoms with E-state index in [1.165, 1.54) is 15.9 Å². The molecule has 3 rings (SSSR count). The fraction of sp³-hybridized carbons (Fsp3) is 0.100. The Hall–Kier alpha value is -1.72. The first-order valence-corrected chi connectivity index (χ1v) is 9.53. The second-order valence-electron chi connectivity index (χ2n) is 5.18. The normalized spacial score (nSPS) is 9.75. The van der Waals surface area contributed by atoms with E-state index in [9.17, 15) is 0 Å². The first-order valence-electron chi connectivity index (χ1n) is 8.18. The molecule has 0 saturated heterocycles. The molecule has 4 radical (unpaired) electrons. The summed E-state index contributed by atoms with van der Waals surface area (Å²) in [4.78, 5) is 0. The maximum Gasteiger partial charge on any atom is 0.0541 e. The molecule has 0 heterocycles. The van der Waals surface area contributed by atoms with Crippen molar-refractivity contribution in [1.82, 2.24) is 0 Å². The highest BCUT2D eigenvalue weighted by Gasteiger charge is 2.14. The minimum atomic E-state index is -0.446. The molecule has 24 heavy (non-hydrogen) atoms. The molecule has 0 nitrogen and oxygen atoms in total. The topological polar surface area (TPSA) is 0 Å². The third-order valence-corrected chi connectivity index (χ3v) is 5.86. The molecule has 114 valence electrons. The SMILES string of the molecule is [B][B][B]CC.c1ccc(P(c2ccccc2)c2ccccc2)cc1. The summed E-state index contributed by atoms with van der Waals surface area (Å²) < 4.78 is 0. The lowest BCUT2D eigenvalue weighted by molar-refractivity contribution is 1.47. The number of benzene rings is 3. The monoisotopic (exact) mass is 324 g/mol. The Morgan fingerprint density at radius 3 is 1.21 bits per heavy atom. The van der Waals surface area contributed by atoms with Crippen LogP contribution in [0.15, 0.2) is 91.0 Å². The van der Waals surface area contributed by atoms with Gasteiger partial charge in [0.1, 0.15) is 0 Å². The Labute approximate surface area is 150 Å². The lowest BCUT2D eigenvalue weighted by Gasteiger charge is -2.18. The zero-order valence-corrected chi connectivity index (χ0v) is 14.9. The summed E-state index contributed by atoms with van der Waals surface area (Å²) in [7, 11) is 7.97. The van der Waals surface area contributed by atoms with Gasteiger partial charge < -0.3 is 0 Å². The lowest BCUT2D eigenvalue weighted by Crippen LogP contribution is -2.20. The van der Waals surface area contributed by atoms with Gasteiger partial charge in [-0.1, -0.05) is 104 Å². The summed E-state index contributed by atoms with van der Waals surface area (Å²) in [6.07, 6.45) is 1.04. The van der Waals surface area contributed by atoms with Crippen molar-refractivity contribution in [2.45, 2.75) is 13.2 Å². The van der Waals surface area contributed by atoms with E-state index in [1.54, 1.807) is 7.06 Å². The van der Waals surface area contributed by atoms with Crippen molar-refractivity contribution in [3.05, 3.63) is 91.0 Å². The van der Waals surface area contributed by atoms with Gasteiger partial charge in [0.25, 0.3) is 0 Å². The van der Waals surface area contributed by atoms with Crippen molar-refractivity contribution >= 4 is 45.8 Å². The summed E-state index contributed by atoms with van der Waals surface area (Å²) in [5, 5.41) is 4.19. The van der Waals surface area contributed by atoms with Crippen LogP contribution in [0.4, 0.5) is 0 Å². The van der Waals surface area contributed by atoms with Crippen LogP contribution >= 0.6 is 7.92 Å². The summed E-state index contributed by atoms with van der Waals surface area (Å²) in [6, 6.07) is 32.3. The number of hydrogen-bond acceptors (Lipinski definition) is 0. The highest BCUT2D eigenvalue weighted by atomic mass is 31.1. The highest BCUT2D eigenvalue weighted by molar-refractivity contribution is 7.79. The van der Waals surface area contributed by atoms with Crippen molar-refractivity contribution in [1.29, 1.82) is 0 Å². The quantitative estimate of drug-likeness (QED) is 0.499. The molecule has 3 aromatic rings. The van der Waals surface area contributed by atoms with Crippen LogP contribution in [-0.2, 0) is 0 Å². The number of rotatable bonds is 5. The predicted octanol–water partition coefficient (Wildman–Crippen LogP) is 3.28. The third kappa shape index (κ3) is 5.73. The Morgan fingerprint density at radius 1 is 0.667 bits per heavy atom. The van der Waals surface area contributed by atoms with Crippen LogP contribution in [0.2, 0.25) is 6.32 Å². The van der Waals surface area contributed by atoms with E-state index in [2.05, 4.69) is 91.0 Å². The molecule has 0 N–H and O–H groups in total. The molecule has 0 aromatic heterocycles. The van der Waals surface area contributed by atoms with E-state index in [-0.39, 0.29) is 0 Å². The van der Waals surface area contributed by atoms with Gasteiger partial charge in [0, 0.05) is 14.8 Å². The van der Waals surface area contributed by atoms with Gasteiger partial charge in [0.05, 0.1) is 7.17 Å². The van der Waals surface area contributed by atoms with Gasteiger partial charge in [-0.05, 0) is 23.8 Å². The molecular weight excluding hydrogens is 304 g/mol. The van der Waals surface area contributed by atoms with Gasteiger partial charge in [-0.15, -0.1) is 0 Å². The molecular formula is C20H20B3P. The Balaban J connectivity index is 0.000000368. The molecule has 4 heteroatoms. The van der Waals surface area contributed by atoms with E-state index >= 15 is 0 Å². The summed E-state index contributed by atoms with van der Waals surface area (Å²) in [6.45, 7) is 2.04. The fourth-order valence-corrected chi connectivity index (χ4v) is 4.62. The predicted molar refractivity (Wildman–Crippen MR) is 113 cm³/mol. The van der Waals surface area contributed by atoms with Crippen molar-refractivity contribution in [2.24, 2.45) is 0 Å². The fourth-order valence-electron chi connectivity index (χ4n) is 2.31. The van der Waals surface area contributed by atoms with Crippen LogP contribution in [0.3, 0.4) is 0 Å². The van der Waals surface area contributed by atoms with Gasteiger partial charge in [-0.25, -0.2) is 0 Å². The molecule has 0 bridgehead atoms. The molecule has 0 unspecified atom stereocenters. The van der Waals surface area contributed by atoms with Gasteiger partial charge in [0.2, 0.25) is 0 Å². The van der Waals surface area contributed by atoms with Crippen LogP contribution < -0.4 is 15.9 Å². The van der Waals surface area contributed by atoms with E-state index in [0.29, 0.717) is 0 Å². The molecule has 0 amide bonds. The number of hydrogen-bond donors (Lipinski definition) is 0. The van der Waals surface area contributed by atoms with Crippen molar-refractivity contribution in [3.8, 4) is 0 Å². The van der Waals surface area contributed by atoms with Crippen molar-refractivity contribution in [2.75, 3.05) is 0 Å². The first kappa shape index (κ1) is 18.6. The summed E-state index contributed by atoms with van der Waals surface area (Å²) in [5.41, 5.74) is 0. The molecule has 0 aliphatic rings. The van der Waals surface area contributed by atoms with Crippen LogP contribution in [0.25, 0.3) is 0 Å². The van der Waals surface area contributed by atoms with Crippen LogP contribution in [0.5, 0.6) is 0 Å². The van der Waals surface area contributed by atoms with Crippen molar-refractivity contribution < 1.29 is 0 Å². The second-order valence-corrected chi connectivity index (χ2v) is 7.40. The zero-order valence-electron chi connectivity index (χ0n) is 14.0. The Morgan fingerprint density at radius 2 is 1.00 bits per heavy atom. The second kappa shape index (κ2) is 10.9. The third-order valence-electron chi connectivity index (χ3n) is 3.41. The maximum atomic E-state index is 4.96. The summed E-state index contributed by atoms with van der Waals surface area (Å²) in [5.74, 6) is 0. The standard InChI is InChI=1S/C18H15P.C2H5B3/c1-4-10-16(11-5-1)19(17-12-6-2-7-13-17)18-14-8-3-9-15-18;1-2-4-5-3/h1-15H;2H2,1H3. The van der Waals surface area contributed by atoms with Gasteiger partial charge in [-0.2, -0.15) is 0 Å². The molecule has 0 saturated carbocycles. The zero-order chi connectivity index (χ0) is 17.0. The smallest absolute Gasteiger partial charge is 0.0541 e. The van der Waals surface area contributed by atoms with Crippen molar-refractivity contribution in [3.63, 3.8) is 0 Å². The minimum Gasteiger partial charge on any atom is -0.0923 e. The largest absolute Gasteiger partial charge is 0.0923 e. The maximum absolute atomic E-state index is 4.96. The minimum absolute atomic E-state index is 0.446. The average Bonchev–Trinajstić information content (AvgIpc) is 2.66. The van der Waals surface area contributed by atoms with E-state index in [4.69, 9.17) is 7.74 Å². The lowest BCUT2D eigenvalue weighted by atomic mass is 9.27. The molecule has 3 aromatic carbocycles. The van der Waals surface area contributed by atoms with E-state index in [0.717, 1.165) is 6.32 Å². The highest BCUT2D eigenvalue weighted by Crippen LogP contribution is 2.32. The Kier molecular flexibility index (Phi) is 8.49. The van der Waals surface area contributed by atoms with Gasteiger partial charge in [-0.3, -0.25) is 0 Å². The molecule has 0 aliphatic heterocycles. The van der Waals surface area contributed by atoms with E-state index in [1.807, 2.05) is 14.1 Å². The van der Waals surface area contributed by atoms with Crippen LogP contribution in [-0.4, -0.2) is 22.0 Å². The van der Waals surface area contributed by atoms with Gasteiger partial charge in [0.15, 0.2) is 0 Å². The summed E-state index contributed by atoms with van der Waals surface area (Å²) >= 11 is 0. The Bertz CT molecular complexity index is 579. The molecule has 0 atom stereocenters. The molecule has 0 spiro atoms. The molecule has 0 fully saturated rings. The molecule has 0 aliphatic carbocycles. The van der Waals surface area contributed by atoms with Gasteiger partial charge >= 0.3 is 0 Å². The first-order chi connectivity index (χ1) is 11.9. The van der Waals surface area contributed by atoms with Crippen LogP contribution in [0.1, 0.15) is 6.92 Å².